The van der Waals surface area contributed by atoms with Crippen molar-refractivity contribution in [2.45, 2.75) is 52.5 Å². The lowest BCUT2D eigenvalue weighted by Crippen LogP contribution is -2.31. The normalized spacial score (nSPS) is 16.9. The van der Waals surface area contributed by atoms with Crippen LogP contribution in [0.1, 0.15) is 50.8 Å². The van der Waals surface area contributed by atoms with Crippen LogP contribution in [0.25, 0.3) is 0 Å². The molecule has 0 radical (unpaired) electrons. The average Bonchev–Trinajstić information content (AvgIpc) is 2.27. The number of hydrogen-bond acceptors (Lipinski definition) is 1. The molecule has 1 aliphatic rings. The predicted octanol–water partition coefficient (Wildman–Crippen LogP) is 3.75. The Labute approximate surface area is 106 Å². The molecule has 2 rings (SSSR count). The van der Waals surface area contributed by atoms with Crippen molar-refractivity contribution in [2.24, 2.45) is 0 Å². The van der Waals surface area contributed by atoms with E-state index in [1.807, 2.05) is 0 Å². The van der Waals surface area contributed by atoms with Gasteiger partial charge in [0, 0.05) is 13.1 Å². The van der Waals surface area contributed by atoms with Gasteiger partial charge in [0.05, 0.1) is 0 Å². The molecular formula is C16H25N. The summed E-state index contributed by atoms with van der Waals surface area (Å²) in [6, 6.07) is 7.09. The zero-order valence-corrected chi connectivity index (χ0v) is 11.7. The van der Waals surface area contributed by atoms with E-state index in [1.165, 1.54) is 31.5 Å². The van der Waals surface area contributed by atoms with Gasteiger partial charge in [-0.25, -0.2) is 0 Å². The summed E-state index contributed by atoms with van der Waals surface area (Å²) >= 11 is 0. The number of rotatable bonds is 2. The second-order valence-corrected chi connectivity index (χ2v) is 6.26. The molecule has 0 aromatic heterocycles. The summed E-state index contributed by atoms with van der Waals surface area (Å²) < 4.78 is 0. The van der Waals surface area contributed by atoms with Crippen LogP contribution in [0.4, 0.5) is 0 Å². The summed E-state index contributed by atoms with van der Waals surface area (Å²) in [5.41, 5.74) is 4.85. The Kier molecular flexibility index (Phi) is 3.58. The van der Waals surface area contributed by atoms with Crippen molar-refractivity contribution < 1.29 is 0 Å². The molecule has 0 fully saturated rings. The predicted molar refractivity (Wildman–Crippen MR) is 74.4 cm³/mol. The molecule has 0 atom stereocenters. The fourth-order valence-corrected chi connectivity index (χ4v) is 2.59. The van der Waals surface area contributed by atoms with Crippen LogP contribution < -0.4 is 0 Å². The number of hydrogen-bond donors (Lipinski definition) is 0. The van der Waals surface area contributed by atoms with Gasteiger partial charge in [-0.2, -0.15) is 0 Å². The fraction of sp³-hybridized carbons (Fsp3) is 0.625. The minimum atomic E-state index is 0.266. The standard InChI is InChI=1S/C16H25N/c1-5-9-17-10-8-13-6-7-15(16(2,3)4)11-14(13)12-17/h6-7,11H,5,8-10,12H2,1-4H3. The minimum absolute atomic E-state index is 0.266. The van der Waals surface area contributed by atoms with Crippen molar-refractivity contribution in [1.82, 2.24) is 4.90 Å². The van der Waals surface area contributed by atoms with Gasteiger partial charge in [0.25, 0.3) is 0 Å². The maximum Gasteiger partial charge on any atom is 0.0236 e. The summed E-state index contributed by atoms with van der Waals surface area (Å²) in [5, 5.41) is 0. The molecule has 1 aromatic carbocycles. The molecule has 94 valence electrons. The Hall–Kier alpha value is -0.820. The lowest BCUT2D eigenvalue weighted by Gasteiger charge is -2.30. The number of benzene rings is 1. The zero-order valence-electron chi connectivity index (χ0n) is 11.7. The van der Waals surface area contributed by atoms with Gasteiger partial charge < -0.3 is 0 Å². The van der Waals surface area contributed by atoms with Crippen LogP contribution in [0.3, 0.4) is 0 Å². The van der Waals surface area contributed by atoms with Crippen molar-refractivity contribution in [3.05, 3.63) is 34.9 Å². The summed E-state index contributed by atoms with van der Waals surface area (Å²) in [4.78, 5) is 2.58. The van der Waals surface area contributed by atoms with Gasteiger partial charge >= 0.3 is 0 Å². The van der Waals surface area contributed by atoms with E-state index in [9.17, 15) is 0 Å². The quantitative estimate of drug-likeness (QED) is 0.749. The Morgan fingerprint density at radius 3 is 2.59 bits per heavy atom. The first-order chi connectivity index (χ1) is 8.00. The Bertz CT molecular complexity index is 387. The lowest BCUT2D eigenvalue weighted by molar-refractivity contribution is 0.254. The van der Waals surface area contributed by atoms with Crippen LogP contribution in [0, 0.1) is 0 Å². The number of fused-ring (bicyclic) bond motifs is 1. The molecule has 0 unspecified atom stereocenters. The lowest BCUT2D eigenvalue weighted by atomic mass is 9.84. The summed E-state index contributed by atoms with van der Waals surface area (Å²) in [6.07, 6.45) is 2.48. The maximum absolute atomic E-state index is 2.58. The largest absolute Gasteiger partial charge is 0.299 e. The van der Waals surface area contributed by atoms with Crippen LogP contribution in [0.5, 0.6) is 0 Å². The SMILES string of the molecule is CCCN1CCc2ccc(C(C)(C)C)cc2C1. The maximum atomic E-state index is 2.58. The monoisotopic (exact) mass is 231 g/mol. The zero-order chi connectivity index (χ0) is 12.5. The number of nitrogens with zero attached hydrogens (tertiary/aromatic N) is 1. The highest BCUT2D eigenvalue weighted by molar-refractivity contribution is 5.36. The first kappa shape index (κ1) is 12.6. The molecule has 17 heavy (non-hydrogen) atoms. The third kappa shape index (κ3) is 2.90. The van der Waals surface area contributed by atoms with Crippen molar-refractivity contribution >= 4 is 0 Å². The van der Waals surface area contributed by atoms with E-state index >= 15 is 0 Å². The van der Waals surface area contributed by atoms with E-state index in [1.54, 1.807) is 11.1 Å². The summed E-state index contributed by atoms with van der Waals surface area (Å²) in [5.74, 6) is 0. The van der Waals surface area contributed by atoms with Crippen molar-refractivity contribution in [2.75, 3.05) is 13.1 Å². The fourth-order valence-electron chi connectivity index (χ4n) is 2.59. The van der Waals surface area contributed by atoms with Crippen LogP contribution >= 0.6 is 0 Å². The summed E-state index contributed by atoms with van der Waals surface area (Å²) in [6.45, 7) is 12.8. The Morgan fingerprint density at radius 1 is 1.18 bits per heavy atom. The Balaban J connectivity index is 2.23. The van der Waals surface area contributed by atoms with Gasteiger partial charge in [0.1, 0.15) is 0 Å². The van der Waals surface area contributed by atoms with Crippen LogP contribution in [-0.4, -0.2) is 18.0 Å². The van der Waals surface area contributed by atoms with E-state index in [0.717, 1.165) is 6.54 Å². The van der Waals surface area contributed by atoms with Crippen LogP contribution in [-0.2, 0) is 18.4 Å². The van der Waals surface area contributed by atoms with E-state index < -0.39 is 0 Å². The second kappa shape index (κ2) is 4.81. The molecule has 0 aliphatic carbocycles. The first-order valence-corrected chi connectivity index (χ1v) is 6.85. The van der Waals surface area contributed by atoms with Gasteiger partial charge in [-0.1, -0.05) is 45.9 Å². The minimum Gasteiger partial charge on any atom is -0.299 e. The molecule has 1 aromatic rings. The molecule has 0 saturated heterocycles. The van der Waals surface area contributed by atoms with E-state index in [2.05, 4.69) is 50.8 Å². The highest BCUT2D eigenvalue weighted by Gasteiger charge is 2.19. The highest BCUT2D eigenvalue weighted by atomic mass is 15.1. The molecule has 0 N–H and O–H groups in total. The third-order valence-electron chi connectivity index (χ3n) is 3.70. The molecule has 1 aliphatic heterocycles. The molecule has 1 nitrogen and oxygen atoms in total. The van der Waals surface area contributed by atoms with Crippen molar-refractivity contribution in [3.8, 4) is 0 Å². The van der Waals surface area contributed by atoms with Gasteiger partial charge in [0.2, 0.25) is 0 Å². The third-order valence-corrected chi connectivity index (χ3v) is 3.70. The molecule has 0 saturated carbocycles. The van der Waals surface area contributed by atoms with E-state index in [-0.39, 0.29) is 5.41 Å². The molecular weight excluding hydrogens is 206 g/mol. The van der Waals surface area contributed by atoms with Crippen LogP contribution in [0.15, 0.2) is 18.2 Å². The average molecular weight is 231 g/mol. The van der Waals surface area contributed by atoms with Crippen molar-refractivity contribution in [1.29, 1.82) is 0 Å². The van der Waals surface area contributed by atoms with E-state index in [4.69, 9.17) is 0 Å². The molecule has 1 heteroatoms. The van der Waals surface area contributed by atoms with Gasteiger partial charge in [-0.15, -0.1) is 0 Å². The second-order valence-electron chi connectivity index (χ2n) is 6.26. The highest BCUT2D eigenvalue weighted by Crippen LogP contribution is 2.27. The molecule has 0 amide bonds. The first-order valence-electron chi connectivity index (χ1n) is 6.85. The summed E-state index contributed by atoms with van der Waals surface area (Å²) in [7, 11) is 0. The topological polar surface area (TPSA) is 3.24 Å². The van der Waals surface area contributed by atoms with Gasteiger partial charge in [-0.3, -0.25) is 4.90 Å². The molecule has 0 bridgehead atoms. The van der Waals surface area contributed by atoms with Crippen molar-refractivity contribution in [3.63, 3.8) is 0 Å². The van der Waals surface area contributed by atoms with E-state index in [0.29, 0.717) is 0 Å². The molecule has 0 spiro atoms. The van der Waals surface area contributed by atoms with Crippen LogP contribution in [0.2, 0.25) is 0 Å². The van der Waals surface area contributed by atoms with Gasteiger partial charge in [-0.05, 0) is 41.5 Å². The van der Waals surface area contributed by atoms with Gasteiger partial charge in [0.15, 0.2) is 0 Å². The smallest absolute Gasteiger partial charge is 0.0236 e. The Morgan fingerprint density at radius 2 is 1.94 bits per heavy atom. The molecule has 1 heterocycles.